The lowest BCUT2D eigenvalue weighted by atomic mass is 10.5. The molecule has 1 aliphatic rings. The maximum absolute atomic E-state index is 5.36. The number of hydrogen-bond acceptors (Lipinski definition) is 3. The smallest absolute Gasteiger partial charge is 0.0990 e. The van der Waals surface area contributed by atoms with Crippen LogP contribution in [0.4, 0.5) is 0 Å². The predicted molar refractivity (Wildman–Crippen MR) is 26.0 cm³/mol. The van der Waals surface area contributed by atoms with E-state index in [9.17, 15) is 0 Å². The van der Waals surface area contributed by atoms with E-state index in [0.717, 1.165) is 19.7 Å². The van der Waals surface area contributed by atoms with E-state index < -0.39 is 0 Å². The van der Waals surface area contributed by atoms with Crippen LogP contribution in [0.1, 0.15) is 0 Å². The average molecular weight is 101 g/mol. The third-order valence-corrected chi connectivity index (χ3v) is 0.923. The molecule has 0 aliphatic carbocycles. The standard InChI is InChI=1S/C4H9N2O/c5-6-1-3-7-4-2-6/h3H,1-2,4-5H2. The SMILES string of the molecule is NN1C[CH]OCC1. The molecule has 0 bridgehead atoms. The molecule has 0 aromatic carbocycles. The summed E-state index contributed by atoms with van der Waals surface area (Å²) in [6.07, 6.45) is 0. The molecule has 2 N–H and O–H groups in total. The maximum atomic E-state index is 5.36. The number of hydrogen-bond donors (Lipinski definition) is 1. The minimum Gasteiger partial charge on any atom is -0.373 e. The Hall–Kier alpha value is -0.120. The summed E-state index contributed by atoms with van der Waals surface area (Å²) in [6.45, 7) is 4.04. The third-order valence-electron chi connectivity index (χ3n) is 0.923. The van der Waals surface area contributed by atoms with E-state index in [-0.39, 0.29) is 0 Å². The van der Waals surface area contributed by atoms with Crippen LogP contribution in [-0.4, -0.2) is 24.7 Å². The monoisotopic (exact) mass is 101 g/mol. The third kappa shape index (κ3) is 1.43. The molecule has 0 unspecified atom stereocenters. The van der Waals surface area contributed by atoms with Gasteiger partial charge in [0.1, 0.15) is 0 Å². The Morgan fingerprint density at radius 1 is 1.71 bits per heavy atom. The van der Waals surface area contributed by atoms with E-state index in [1.165, 1.54) is 0 Å². The predicted octanol–water partition coefficient (Wildman–Crippen LogP) is -0.646. The van der Waals surface area contributed by atoms with Crippen LogP contribution in [0.15, 0.2) is 0 Å². The molecule has 1 saturated heterocycles. The second-order valence-electron chi connectivity index (χ2n) is 1.53. The minimum atomic E-state index is 0.733. The molecular weight excluding hydrogens is 92.1 g/mol. The molecule has 3 nitrogen and oxygen atoms in total. The van der Waals surface area contributed by atoms with E-state index in [1.54, 1.807) is 11.6 Å². The van der Waals surface area contributed by atoms with Gasteiger partial charge < -0.3 is 4.74 Å². The van der Waals surface area contributed by atoms with Crippen molar-refractivity contribution in [2.24, 2.45) is 5.84 Å². The molecule has 7 heavy (non-hydrogen) atoms. The van der Waals surface area contributed by atoms with Crippen LogP contribution in [-0.2, 0) is 4.74 Å². The van der Waals surface area contributed by atoms with Crippen LogP contribution in [0.25, 0.3) is 0 Å². The first-order valence-electron chi connectivity index (χ1n) is 2.32. The van der Waals surface area contributed by atoms with Gasteiger partial charge in [0.05, 0.1) is 13.2 Å². The maximum Gasteiger partial charge on any atom is 0.0990 e. The van der Waals surface area contributed by atoms with Gasteiger partial charge in [0.15, 0.2) is 0 Å². The number of morpholine rings is 1. The molecule has 0 aromatic rings. The van der Waals surface area contributed by atoms with E-state index in [4.69, 9.17) is 10.6 Å². The van der Waals surface area contributed by atoms with Crippen LogP contribution in [0.2, 0.25) is 0 Å². The normalized spacial score (nSPS) is 25.3. The summed E-state index contributed by atoms with van der Waals surface area (Å²) in [7, 11) is 0. The van der Waals surface area contributed by atoms with Crippen molar-refractivity contribution in [1.82, 2.24) is 5.01 Å². The van der Waals surface area contributed by atoms with Gasteiger partial charge in [-0.3, -0.25) is 5.84 Å². The first-order chi connectivity index (χ1) is 3.39. The van der Waals surface area contributed by atoms with E-state index in [2.05, 4.69) is 0 Å². The summed E-state index contributed by atoms with van der Waals surface area (Å²) in [4.78, 5) is 0. The average Bonchev–Trinajstić information content (AvgIpc) is 1.69. The van der Waals surface area contributed by atoms with Gasteiger partial charge >= 0.3 is 0 Å². The molecular formula is C4H9N2O. The van der Waals surface area contributed by atoms with Gasteiger partial charge in [0.2, 0.25) is 0 Å². The van der Waals surface area contributed by atoms with Crippen molar-refractivity contribution in [3.63, 3.8) is 0 Å². The molecule has 0 saturated carbocycles. The summed E-state index contributed by atoms with van der Waals surface area (Å²) < 4.78 is 4.89. The zero-order valence-corrected chi connectivity index (χ0v) is 4.13. The molecule has 1 radical (unpaired) electrons. The van der Waals surface area contributed by atoms with Crippen LogP contribution < -0.4 is 5.84 Å². The molecule has 1 rings (SSSR count). The van der Waals surface area contributed by atoms with Gasteiger partial charge in [-0.2, -0.15) is 0 Å². The first kappa shape index (κ1) is 5.03. The number of nitrogens with zero attached hydrogens (tertiary/aromatic N) is 1. The van der Waals surface area contributed by atoms with E-state index >= 15 is 0 Å². The van der Waals surface area contributed by atoms with Crippen LogP contribution in [0.3, 0.4) is 0 Å². The molecule has 1 aliphatic heterocycles. The second-order valence-corrected chi connectivity index (χ2v) is 1.53. The van der Waals surface area contributed by atoms with Crippen molar-refractivity contribution in [3.8, 4) is 0 Å². The zero-order chi connectivity index (χ0) is 5.11. The second kappa shape index (κ2) is 2.26. The molecule has 0 aromatic heterocycles. The highest BCUT2D eigenvalue weighted by Gasteiger charge is 2.03. The number of hydrazine groups is 1. The minimum absolute atomic E-state index is 0.733. The van der Waals surface area contributed by atoms with Crippen LogP contribution in [0.5, 0.6) is 0 Å². The highest BCUT2D eigenvalue weighted by molar-refractivity contribution is 4.62. The molecule has 0 spiro atoms. The van der Waals surface area contributed by atoms with Gasteiger partial charge in [-0.1, -0.05) is 0 Å². The van der Waals surface area contributed by atoms with Gasteiger partial charge in [-0.05, 0) is 0 Å². The Labute approximate surface area is 43.0 Å². The van der Waals surface area contributed by atoms with Crippen LogP contribution >= 0.6 is 0 Å². The fourth-order valence-electron chi connectivity index (χ4n) is 0.493. The molecule has 1 heterocycles. The molecule has 1 fully saturated rings. The zero-order valence-electron chi connectivity index (χ0n) is 4.13. The summed E-state index contributed by atoms with van der Waals surface area (Å²) in [5, 5.41) is 1.71. The largest absolute Gasteiger partial charge is 0.373 e. The molecule has 41 valence electrons. The Kier molecular flexibility index (Phi) is 1.62. The lowest BCUT2D eigenvalue weighted by molar-refractivity contribution is 0.0858. The fraction of sp³-hybridized carbons (Fsp3) is 0.750. The lowest BCUT2D eigenvalue weighted by Crippen LogP contribution is -2.39. The Bertz CT molecular complexity index is 51.7. The van der Waals surface area contributed by atoms with Crippen molar-refractivity contribution in [1.29, 1.82) is 0 Å². The topological polar surface area (TPSA) is 38.5 Å². The number of rotatable bonds is 0. The van der Waals surface area contributed by atoms with Gasteiger partial charge in [-0.25, -0.2) is 5.01 Å². The summed E-state index contributed by atoms with van der Waals surface area (Å²) >= 11 is 0. The number of ether oxygens (including phenoxy) is 1. The van der Waals surface area contributed by atoms with Gasteiger partial charge in [-0.15, -0.1) is 0 Å². The van der Waals surface area contributed by atoms with Crippen molar-refractivity contribution < 1.29 is 4.74 Å². The van der Waals surface area contributed by atoms with Crippen molar-refractivity contribution in [2.45, 2.75) is 0 Å². The van der Waals surface area contributed by atoms with E-state index in [1.807, 2.05) is 0 Å². The van der Waals surface area contributed by atoms with Gasteiger partial charge in [0, 0.05) is 13.1 Å². The molecule has 0 amide bonds. The highest BCUT2D eigenvalue weighted by atomic mass is 16.5. The Balaban J connectivity index is 2.12. The number of nitrogens with two attached hydrogens (primary N) is 1. The van der Waals surface area contributed by atoms with Gasteiger partial charge in [0.25, 0.3) is 0 Å². The molecule has 3 heteroatoms. The van der Waals surface area contributed by atoms with Crippen molar-refractivity contribution in [2.75, 3.05) is 19.7 Å². The highest BCUT2D eigenvalue weighted by Crippen LogP contribution is 1.91. The Morgan fingerprint density at radius 3 is 2.86 bits per heavy atom. The Morgan fingerprint density at radius 2 is 2.57 bits per heavy atom. The first-order valence-corrected chi connectivity index (χ1v) is 2.32. The summed E-state index contributed by atoms with van der Waals surface area (Å²) in [5.74, 6) is 5.36. The van der Waals surface area contributed by atoms with Crippen LogP contribution in [0, 0.1) is 6.61 Å². The van der Waals surface area contributed by atoms with Crippen molar-refractivity contribution >= 4 is 0 Å². The lowest BCUT2D eigenvalue weighted by Gasteiger charge is -2.20. The fourth-order valence-corrected chi connectivity index (χ4v) is 0.493. The van der Waals surface area contributed by atoms with E-state index in [0.29, 0.717) is 0 Å². The summed E-state index contributed by atoms with van der Waals surface area (Å²) in [5.41, 5.74) is 0. The summed E-state index contributed by atoms with van der Waals surface area (Å²) in [6, 6.07) is 0. The van der Waals surface area contributed by atoms with Crippen molar-refractivity contribution in [3.05, 3.63) is 6.61 Å². The molecule has 0 atom stereocenters. The quantitative estimate of drug-likeness (QED) is 0.412.